The van der Waals surface area contributed by atoms with E-state index in [1.165, 1.54) is 51.4 Å². The first kappa shape index (κ1) is 33.3. The first-order chi connectivity index (χ1) is 18.4. The Morgan fingerprint density at radius 2 is 1.46 bits per heavy atom. The molecule has 1 aromatic carbocycles. The largest absolute Gasteiger partial charge is 0.487 e. The maximum atomic E-state index is 12.4. The molecule has 0 aromatic heterocycles. The molecule has 0 amide bonds. The highest BCUT2D eigenvalue weighted by Gasteiger charge is 2.34. The van der Waals surface area contributed by atoms with Crippen molar-refractivity contribution in [2.24, 2.45) is 23.5 Å². The molecule has 0 spiro atoms. The molecule has 0 bridgehead atoms. The summed E-state index contributed by atoms with van der Waals surface area (Å²) in [5.74, 6) is 3.50. The predicted octanol–water partition coefficient (Wildman–Crippen LogP) is 8.35. The van der Waals surface area contributed by atoms with E-state index in [0.717, 1.165) is 65.0 Å². The van der Waals surface area contributed by atoms with Crippen LogP contribution in [0.25, 0.3) is 0 Å². The lowest BCUT2D eigenvalue weighted by atomic mass is 9.83. The highest BCUT2D eigenvalue weighted by atomic mass is 16.5. The summed E-state index contributed by atoms with van der Waals surface area (Å²) in [5, 5.41) is 0. The molecule has 5 heteroatoms. The summed E-state index contributed by atoms with van der Waals surface area (Å²) in [7, 11) is 0. The van der Waals surface area contributed by atoms with E-state index in [0.29, 0.717) is 5.75 Å². The van der Waals surface area contributed by atoms with Gasteiger partial charge in [0.25, 0.3) is 0 Å². The van der Waals surface area contributed by atoms with Gasteiger partial charge < -0.3 is 15.2 Å². The molecule has 0 fully saturated rings. The molecule has 3 atom stereocenters. The zero-order valence-corrected chi connectivity index (χ0v) is 26.3. The molecule has 0 saturated heterocycles. The van der Waals surface area contributed by atoms with Crippen molar-refractivity contribution < 1.29 is 19.1 Å². The van der Waals surface area contributed by atoms with Crippen LogP contribution in [0.15, 0.2) is 0 Å². The smallest absolute Gasteiger partial charge is 0.311 e. The van der Waals surface area contributed by atoms with Crippen molar-refractivity contribution in [1.82, 2.24) is 0 Å². The lowest BCUT2D eigenvalue weighted by Gasteiger charge is -2.38. The summed E-state index contributed by atoms with van der Waals surface area (Å²) in [6.07, 6.45) is 13.7. The Labute approximate surface area is 239 Å². The number of fused-ring (bicyclic) bond motifs is 1. The van der Waals surface area contributed by atoms with Crippen molar-refractivity contribution in [3.05, 3.63) is 22.3 Å². The van der Waals surface area contributed by atoms with Gasteiger partial charge >= 0.3 is 5.97 Å². The average Bonchev–Trinajstić information content (AvgIpc) is 2.88. The number of ether oxygens (including phenoxy) is 2. The van der Waals surface area contributed by atoms with Gasteiger partial charge in [-0.25, -0.2) is 0 Å². The zero-order valence-electron chi connectivity index (χ0n) is 26.3. The molecular weight excluding hydrogens is 486 g/mol. The van der Waals surface area contributed by atoms with Crippen molar-refractivity contribution in [1.29, 1.82) is 0 Å². The maximum Gasteiger partial charge on any atom is 0.311 e. The van der Waals surface area contributed by atoms with Gasteiger partial charge in [-0.1, -0.05) is 72.6 Å². The lowest BCUT2D eigenvalue weighted by molar-refractivity contribution is -0.136. The lowest BCUT2D eigenvalue weighted by Crippen LogP contribution is -2.37. The van der Waals surface area contributed by atoms with Gasteiger partial charge in [0.1, 0.15) is 22.9 Å². The van der Waals surface area contributed by atoms with Crippen LogP contribution in [-0.2, 0) is 16.0 Å². The zero-order chi connectivity index (χ0) is 29.2. The second-order valence-electron chi connectivity index (χ2n) is 13.1. The molecule has 39 heavy (non-hydrogen) atoms. The van der Waals surface area contributed by atoms with Crippen LogP contribution in [-0.4, -0.2) is 23.9 Å². The first-order valence-electron chi connectivity index (χ1n) is 15.6. The van der Waals surface area contributed by atoms with Crippen LogP contribution < -0.4 is 15.2 Å². The van der Waals surface area contributed by atoms with E-state index in [-0.39, 0.29) is 30.8 Å². The number of ketones is 1. The third-order valence-electron chi connectivity index (χ3n) is 8.89. The Morgan fingerprint density at radius 1 is 0.872 bits per heavy atom. The first-order valence-corrected chi connectivity index (χ1v) is 15.6. The fraction of sp³-hybridized carbons (Fsp3) is 0.765. The van der Waals surface area contributed by atoms with Crippen LogP contribution in [0, 0.1) is 38.5 Å². The topological polar surface area (TPSA) is 78.6 Å². The number of rotatable bonds is 17. The molecule has 2 N–H and O–H groups in total. The predicted molar refractivity (Wildman–Crippen MR) is 162 cm³/mol. The molecule has 1 aliphatic rings. The highest BCUT2D eigenvalue weighted by molar-refractivity contribution is 5.85. The molecule has 2 rings (SSSR count). The molecule has 0 saturated carbocycles. The standard InChI is InChI=1S/C34H57NO4/c1-23(2)12-9-13-24(3)14-10-15-25(4)16-11-20-34(8)21-19-30-28(7)32(26(5)27(6)33(30)39-34)38-31(37)18-17-29(36)22-35/h23-25H,9-22,35H2,1-8H3/t24-,25-,34+/m0/s1. The SMILES string of the molecule is Cc1c(C)c2c(c(C)c1OC(=O)CCC(=O)CN)CC[C@@](C)(CCC[C@@H](C)CCC[C@@H](C)CCCC(C)C)O2. The molecule has 1 aromatic rings. The number of hydrogen-bond acceptors (Lipinski definition) is 5. The molecule has 0 aliphatic carbocycles. The molecule has 1 heterocycles. The van der Waals surface area contributed by atoms with Crippen molar-refractivity contribution in [2.45, 2.75) is 144 Å². The van der Waals surface area contributed by atoms with Gasteiger partial charge in [-0.3, -0.25) is 9.59 Å². The summed E-state index contributed by atoms with van der Waals surface area (Å²) >= 11 is 0. The van der Waals surface area contributed by atoms with Crippen molar-refractivity contribution in [2.75, 3.05) is 6.54 Å². The van der Waals surface area contributed by atoms with Gasteiger partial charge in [-0.15, -0.1) is 0 Å². The molecule has 0 radical (unpaired) electrons. The molecule has 222 valence electrons. The third-order valence-corrected chi connectivity index (χ3v) is 8.89. The monoisotopic (exact) mass is 543 g/mol. The normalized spacial score (nSPS) is 18.4. The molecule has 1 aliphatic heterocycles. The van der Waals surface area contributed by atoms with Gasteiger partial charge in [0.2, 0.25) is 0 Å². The van der Waals surface area contributed by atoms with E-state index >= 15 is 0 Å². The van der Waals surface area contributed by atoms with E-state index in [2.05, 4.69) is 41.5 Å². The second-order valence-corrected chi connectivity index (χ2v) is 13.1. The van der Waals surface area contributed by atoms with Crippen molar-refractivity contribution in [3.63, 3.8) is 0 Å². The van der Waals surface area contributed by atoms with Gasteiger partial charge in [-0.05, 0) is 87.8 Å². The number of Topliss-reactive ketones (excluding diaryl/α,β-unsaturated/α-hetero) is 1. The minimum Gasteiger partial charge on any atom is -0.487 e. The van der Waals surface area contributed by atoms with E-state index in [4.69, 9.17) is 15.2 Å². The molecular formula is C34H57NO4. The van der Waals surface area contributed by atoms with E-state index in [9.17, 15) is 9.59 Å². The minimum absolute atomic E-state index is 0.0454. The Bertz CT molecular complexity index is 953. The number of hydrogen-bond donors (Lipinski definition) is 1. The van der Waals surface area contributed by atoms with Crippen LogP contribution >= 0.6 is 0 Å². The summed E-state index contributed by atoms with van der Waals surface area (Å²) < 4.78 is 12.5. The van der Waals surface area contributed by atoms with E-state index in [1.54, 1.807) is 0 Å². The quantitative estimate of drug-likeness (QED) is 0.158. The number of esters is 1. The summed E-state index contributed by atoms with van der Waals surface area (Å²) in [6.45, 7) is 17.7. The Hall–Kier alpha value is -1.88. The third kappa shape index (κ3) is 10.6. The van der Waals surface area contributed by atoms with Crippen LogP contribution in [0.3, 0.4) is 0 Å². The van der Waals surface area contributed by atoms with Crippen molar-refractivity contribution in [3.8, 4) is 11.5 Å². The fourth-order valence-electron chi connectivity index (χ4n) is 5.92. The van der Waals surface area contributed by atoms with E-state index in [1.807, 2.05) is 13.8 Å². The number of nitrogens with two attached hydrogens (primary N) is 1. The van der Waals surface area contributed by atoms with Gasteiger partial charge in [-0.2, -0.15) is 0 Å². The number of benzene rings is 1. The van der Waals surface area contributed by atoms with Crippen LogP contribution in [0.1, 0.15) is 134 Å². The van der Waals surface area contributed by atoms with Crippen LogP contribution in [0.2, 0.25) is 0 Å². The van der Waals surface area contributed by atoms with E-state index < -0.39 is 5.97 Å². The summed E-state index contributed by atoms with van der Waals surface area (Å²) in [6, 6.07) is 0. The average molecular weight is 544 g/mol. The molecule has 5 nitrogen and oxygen atoms in total. The minimum atomic E-state index is -0.390. The van der Waals surface area contributed by atoms with Gasteiger partial charge in [0.15, 0.2) is 0 Å². The fourth-order valence-corrected chi connectivity index (χ4v) is 5.92. The number of carbonyl (C=O) groups is 2. The maximum absolute atomic E-state index is 12.4. The van der Waals surface area contributed by atoms with Crippen LogP contribution in [0.4, 0.5) is 0 Å². The van der Waals surface area contributed by atoms with Crippen molar-refractivity contribution >= 4 is 11.8 Å². The second kappa shape index (κ2) is 15.8. The van der Waals surface area contributed by atoms with Crippen LogP contribution in [0.5, 0.6) is 11.5 Å². The Morgan fingerprint density at radius 3 is 2.05 bits per heavy atom. The highest BCUT2D eigenvalue weighted by Crippen LogP contribution is 2.45. The summed E-state index contributed by atoms with van der Waals surface area (Å²) in [4.78, 5) is 23.9. The Kier molecular flexibility index (Phi) is 13.5. The summed E-state index contributed by atoms with van der Waals surface area (Å²) in [5.41, 5.74) is 9.28. The van der Waals surface area contributed by atoms with Gasteiger partial charge in [0, 0.05) is 12.0 Å². The Balaban J connectivity index is 1.87. The van der Waals surface area contributed by atoms with Gasteiger partial charge in [0.05, 0.1) is 13.0 Å². The molecule has 0 unspecified atom stereocenters. The number of carbonyl (C=O) groups excluding carboxylic acids is 2.